The minimum absolute atomic E-state index is 0.0718. The van der Waals surface area contributed by atoms with Gasteiger partial charge in [-0.2, -0.15) is 5.10 Å². The molecule has 2 amide bonds. The average molecular weight is 452 g/mol. The van der Waals surface area contributed by atoms with Crippen LogP contribution in [0.2, 0.25) is 0 Å². The van der Waals surface area contributed by atoms with Crippen molar-refractivity contribution in [2.45, 2.75) is 32.1 Å². The molecular weight excluding hydrogens is 422 g/mol. The summed E-state index contributed by atoms with van der Waals surface area (Å²) in [7, 11) is 3.33. The van der Waals surface area contributed by atoms with Crippen LogP contribution in [-0.4, -0.2) is 50.4 Å². The van der Waals surface area contributed by atoms with Gasteiger partial charge in [0.25, 0.3) is 0 Å². The minimum atomic E-state index is -0.102. The van der Waals surface area contributed by atoms with Crippen molar-refractivity contribution in [3.63, 3.8) is 0 Å². The van der Waals surface area contributed by atoms with E-state index < -0.39 is 0 Å². The Kier molecular flexibility index (Phi) is 6.82. The first-order chi connectivity index (χ1) is 16.0. The van der Waals surface area contributed by atoms with E-state index in [1.807, 2.05) is 43.3 Å². The van der Waals surface area contributed by atoms with E-state index in [-0.39, 0.29) is 30.4 Å². The largest absolute Gasteiger partial charge is 0.492 e. The van der Waals surface area contributed by atoms with Crippen molar-refractivity contribution < 1.29 is 23.8 Å². The average Bonchev–Trinajstić information content (AvgIpc) is 3.52. The van der Waals surface area contributed by atoms with Crippen molar-refractivity contribution in [3.05, 3.63) is 53.1 Å². The number of hydrogen-bond donors (Lipinski definition) is 1. The predicted molar refractivity (Wildman–Crippen MR) is 124 cm³/mol. The highest BCUT2D eigenvalue weighted by Gasteiger charge is 2.43. The summed E-state index contributed by atoms with van der Waals surface area (Å²) in [6.45, 7) is 2.48. The summed E-state index contributed by atoms with van der Waals surface area (Å²) in [6.07, 6.45) is 3.42. The molecule has 0 aromatic heterocycles. The summed E-state index contributed by atoms with van der Waals surface area (Å²) in [5, 5.41) is 4.22. The Morgan fingerprint density at radius 1 is 1.27 bits per heavy atom. The molecule has 2 aliphatic rings. The Morgan fingerprint density at radius 2 is 2.06 bits per heavy atom. The maximum absolute atomic E-state index is 12.6. The lowest BCUT2D eigenvalue weighted by Gasteiger charge is -2.18. The van der Waals surface area contributed by atoms with E-state index in [4.69, 9.17) is 14.2 Å². The number of carbonyl (C=O) groups excluding carboxylic acids is 2. The van der Waals surface area contributed by atoms with Gasteiger partial charge in [-0.25, -0.2) is 5.43 Å². The first kappa shape index (κ1) is 22.6. The van der Waals surface area contributed by atoms with Gasteiger partial charge >= 0.3 is 0 Å². The van der Waals surface area contributed by atoms with Crippen LogP contribution in [0.15, 0.2) is 41.5 Å². The molecule has 4 rings (SSSR count). The number of ether oxygens (including phenoxy) is 3. The number of likely N-dealkylation sites (N-methyl/N-ethyl adjacent to an activating group) is 1. The van der Waals surface area contributed by atoms with Gasteiger partial charge in [-0.05, 0) is 36.0 Å². The maximum atomic E-state index is 12.6. The number of hydrazone groups is 1. The van der Waals surface area contributed by atoms with Crippen molar-refractivity contribution in [1.29, 1.82) is 0 Å². The molecule has 8 nitrogen and oxygen atoms in total. The molecule has 8 heteroatoms. The predicted octanol–water partition coefficient (Wildman–Crippen LogP) is 3.09. The zero-order valence-corrected chi connectivity index (χ0v) is 19.2. The van der Waals surface area contributed by atoms with Crippen LogP contribution in [0, 0.1) is 5.92 Å². The van der Waals surface area contributed by atoms with Crippen LogP contribution in [0.4, 0.5) is 0 Å². The summed E-state index contributed by atoms with van der Waals surface area (Å²) in [5.74, 6) is 1.74. The second-order valence-corrected chi connectivity index (χ2v) is 8.23. The van der Waals surface area contributed by atoms with Crippen LogP contribution >= 0.6 is 0 Å². The molecule has 33 heavy (non-hydrogen) atoms. The van der Waals surface area contributed by atoms with E-state index in [0.717, 1.165) is 12.0 Å². The van der Waals surface area contributed by atoms with E-state index >= 15 is 0 Å². The van der Waals surface area contributed by atoms with E-state index in [0.29, 0.717) is 42.2 Å². The van der Waals surface area contributed by atoms with Crippen LogP contribution in [0.25, 0.3) is 0 Å². The number of nitrogens with zero attached hydrogens (tertiary/aromatic N) is 2. The summed E-state index contributed by atoms with van der Waals surface area (Å²) < 4.78 is 16.7. The monoisotopic (exact) mass is 451 g/mol. The number of fused-ring (bicyclic) bond motifs is 1. The topological polar surface area (TPSA) is 89.5 Å². The summed E-state index contributed by atoms with van der Waals surface area (Å²) in [4.78, 5) is 26.2. The molecule has 0 unspecified atom stereocenters. The quantitative estimate of drug-likeness (QED) is 0.468. The van der Waals surface area contributed by atoms with Crippen LogP contribution in [-0.2, 0) is 16.0 Å². The molecule has 174 valence electrons. The Hall–Kier alpha value is -3.55. The van der Waals surface area contributed by atoms with Gasteiger partial charge in [-0.1, -0.05) is 37.3 Å². The molecular formula is C25H29N3O5. The zero-order chi connectivity index (χ0) is 23.4. The van der Waals surface area contributed by atoms with Crippen molar-refractivity contribution in [3.8, 4) is 17.2 Å². The van der Waals surface area contributed by atoms with E-state index in [2.05, 4.69) is 10.5 Å². The second-order valence-electron chi connectivity index (χ2n) is 8.23. The number of nitrogens with one attached hydrogen (secondary N) is 1. The second kappa shape index (κ2) is 9.94. The molecule has 0 bridgehead atoms. The molecule has 2 atom stereocenters. The van der Waals surface area contributed by atoms with Gasteiger partial charge in [-0.15, -0.1) is 0 Å². The lowest BCUT2D eigenvalue weighted by molar-refractivity contribution is -0.129. The number of hydrogen-bond acceptors (Lipinski definition) is 6. The first-order valence-electron chi connectivity index (χ1n) is 11.1. The third-order valence-electron chi connectivity index (χ3n) is 6.12. The molecule has 2 aromatic carbocycles. The highest BCUT2D eigenvalue weighted by molar-refractivity contribution is 5.90. The zero-order valence-electron chi connectivity index (χ0n) is 19.2. The van der Waals surface area contributed by atoms with Crippen molar-refractivity contribution in [1.82, 2.24) is 10.3 Å². The molecule has 1 aliphatic carbocycles. The number of methoxy groups -OCH3 is 1. The van der Waals surface area contributed by atoms with Gasteiger partial charge in [0.05, 0.1) is 13.3 Å². The normalized spacial score (nSPS) is 18.3. The Morgan fingerprint density at radius 3 is 2.79 bits per heavy atom. The Balaban J connectivity index is 1.49. The van der Waals surface area contributed by atoms with E-state index in [1.54, 1.807) is 25.3 Å². The fourth-order valence-electron chi connectivity index (χ4n) is 4.11. The molecule has 1 heterocycles. The molecule has 2 aromatic rings. The number of amides is 2. The van der Waals surface area contributed by atoms with Gasteiger partial charge in [0.1, 0.15) is 0 Å². The van der Waals surface area contributed by atoms with Gasteiger partial charge in [0, 0.05) is 31.5 Å². The van der Waals surface area contributed by atoms with Crippen molar-refractivity contribution in [2.75, 3.05) is 27.5 Å². The van der Waals surface area contributed by atoms with Crippen LogP contribution in [0.5, 0.6) is 17.2 Å². The van der Waals surface area contributed by atoms with Crippen LogP contribution in [0.1, 0.15) is 42.4 Å². The van der Waals surface area contributed by atoms with Gasteiger partial charge in [0.2, 0.25) is 24.4 Å². The standard InChI is InChI=1S/C25H29N3O5/c1-4-22(29)28(2)11-10-17-12-21-24(33-15-32-21)23(31-3)20(17)14-26-27-25(30)19-13-18(19)16-8-6-5-7-9-16/h5-9,12,14,18-19H,4,10-11,13,15H2,1-3H3,(H,27,30)/b26-14-/t18-,19+/m1/s1. The summed E-state index contributed by atoms with van der Waals surface area (Å²) >= 11 is 0. The molecule has 1 N–H and O–H groups in total. The molecule has 0 saturated heterocycles. The highest BCUT2D eigenvalue weighted by Crippen LogP contribution is 2.47. The minimum Gasteiger partial charge on any atom is -0.492 e. The lowest BCUT2D eigenvalue weighted by Crippen LogP contribution is -2.28. The van der Waals surface area contributed by atoms with E-state index in [9.17, 15) is 9.59 Å². The Labute approximate surface area is 193 Å². The fourth-order valence-corrected chi connectivity index (χ4v) is 4.11. The molecule has 0 radical (unpaired) electrons. The Bertz CT molecular complexity index is 1050. The van der Waals surface area contributed by atoms with Gasteiger partial charge in [0.15, 0.2) is 11.5 Å². The third-order valence-corrected chi connectivity index (χ3v) is 6.12. The maximum Gasteiger partial charge on any atom is 0.243 e. The molecule has 1 fully saturated rings. The van der Waals surface area contributed by atoms with Crippen LogP contribution in [0.3, 0.4) is 0 Å². The first-order valence-corrected chi connectivity index (χ1v) is 11.1. The number of benzene rings is 2. The SMILES string of the molecule is CCC(=O)N(C)CCc1cc2c(c(OC)c1/C=N\NC(=O)[C@H]1C[C@@H]1c1ccccc1)OCO2. The van der Waals surface area contributed by atoms with Crippen LogP contribution < -0.4 is 19.6 Å². The molecule has 1 aliphatic heterocycles. The van der Waals surface area contributed by atoms with Gasteiger partial charge in [-0.3, -0.25) is 9.59 Å². The summed E-state index contributed by atoms with van der Waals surface area (Å²) in [5.41, 5.74) is 5.42. The highest BCUT2D eigenvalue weighted by atomic mass is 16.7. The number of rotatable bonds is 9. The molecule has 1 saturated carbocycles. The van der Waals surface area contributed by atoms with E-state index in [1.165, 1.54) is 5.56 Å². The summed E-state index contributed by atoms with van der Waals surface area (Å²) in [6, 6.07) is 11.9. The smallest absolute Gasteiger partial charge is 0.243 e. The number of carbonyl (C=O) groups is 2. The van der Waals surface area contributed by atoms with Gasteiger partial charge < -0.3 is 19.1 Å². The van der Waals surface area contributed by atoms with Crippen molar-refractivity contribution >= 4 is 18.0 Å². The van der Waals surface area contributed by atoms with Crippen molar-refractivity contribution in [2.24, 2.45) is 11.0 Å². The third kappa shape index (κ3) is 4.94. The lowest BCUT2D eigenvalue weighted by atomic mass is 10.0. The molecule has 0 spiro atoms. The fraction of sp³-hybridized carbons (Fsp3) is 0.400.